The molecule has 0 saturated carbocycles. The van der Waals surface area contributed by atoms with Gasteiger partial charge in [-0.1, -0.05) is 24.6 Å². The van der Waals surface area contributed by atoms with Crippen molar-refractivity contribution in [3.05, 3.63) is 29.0 Å². The van der Waals surface area contributed by atoms with E-state index in [-0.39, 0.29) is 5.82 Å². The molecule has 0 amide bonds. The average molecular weight is 232 g/mol. The minimum atomic E-state index is -0.335. The van der Waals surface area contributed by atoms with Gasteiger partial charge in [0, 0.05) is 13.2 Å². The van der Waals surface area contributed by atoms with Crippen molar-refractivity contribution in [2.45, 2.75) is 13.3 Å². The van der Waals surface area contributed by atoms with Crippen LogP contribution < -0.4 is 5.32 Å². The van der Waals surface area contributed by atoms with E-state index in [1.54, 1.807) is 12.1 Å². The standard InChI is InChI=1S/C11H15ClFNO/c1-2-7-15-8-6-14-11-9(12)4-3-5-10(11)13/h3-5,14H,2,6-8H2,1H3. The Hall–Kier alpha value is -0.800. The Bertz CT molecular complexity index is 286. The third-order valence-electron chi connectivity index (χ3n) is 1.86. The molecular weight excluding hydrogens is 217 g/mol. The van der Waals surface area contributed by atoms with Crippen molar-refractivity contribution in [3.63, 3.8) is 0 Å². The van der Waals surface area contributed by atoms with E-state index in [1.807, 2.05) is 6.92 Å². The first kappa shape index (κ1) is 12.3. The first-order valence-electron chi connectivity index (χ1n) is 5.01. The zero-order valence-corrected chi connectivity index (χ0v) is 9.48. The van der Waals surface area contributed by atoms with E-state index >= 15 is 0 Å². The normalized spacial score (nSPS) is 10.3. The molecule has 0 unspecified atom stereocenters. The maximum absolute atomic E-state index is 13.2. The molecule has 4 heteroatoms. The predicted octanol–water partition coefficient (Wildman–Crippen LogP) is 3.32. The van der Waals surface area contributed by atoms with Crippen LogP contribution in [0.15, 0.2) is 18.2 Å². The molecular formula is C11H15ClFNO. The second-order valence-corrected chi connectivity index (χ2v) is 3.54. The Labute approximate surface area is 94.4 Å². The highest BCUT2D eigenvalue weighted by Crippen LogP contribution is 2.23. The van der Waals surface area contributed by atoms with Gasteiger partial charge in [-0.3, -0.25) is 0 Å². The third kappa shape index (κ3) is 4.06. The molecule has 0 spiro atoms. The van der Waals surface area contributed by atoms with Gasteiger partial charge < -0.3 is 10.1 Å². The Kier molecular flexibility index (Phi) is 5.43. The van der Waals surface area contributed by atoms with Crippen LogP contribution in [0.1, 0.15) is 13.3 Å². The fraction of sp³-hybridized carbons (Fsp3) is 0.455. The Balaban J connectivity index is 2.37. The summed E-state index contributed by atoms with van der Waals surface area (Å²) in [5, 5.41) is 3.30. The van der Waals surface area contributed by atoms with Gasteiger partial charge in [0.2, 0.25) is 0 Å². The third-order valence-corrected chi connectivity index (χ3v) is 2.17. The quantitative estimate of drug-likeness (QED) is 0.759. The van der Waals surface area contributed by atoms with Crippen molar-refractivity contribution < 1.29 is 9.13 Å². The Morgan fingerprint density at radius 2 is 2.20 bits per heavy atom. The van der Waals surface area contributed by atoms with Crippen LogP contribution in [-0.4, -0.2) is 19.8 Å². The van der Waals surface area contributed by atoms with Crippen LogP contribution in [0.2, 0.25) is 5.02 Å². The first-order chi connectivity index (χ1) is 7.25. The van der Waals surface area contributed by atoms with Crippen LogP contribution in [0.25, 0.3) is 0 Å². The van der Waals surface area contributed by atoms with Crippen molar-refractivity contribution >= 4 is 17.3 Å². The summed E-state index contributed by atoms with van der Waals surface area (Å²) >= 11 is 5.83. The first-order valence-corrected chi connectivity index (χ1v) is 5.39. The van der Waals surface area contributed by atoms with E-state index in [1.165, 1.54) is 6.07 Å². The van der Waals surface area contributed by atoms with Crippen molar-refractivity contribution in [1.29, 1.82) is 0 Å². The second kappa shape index (κ2) is 6.64. The number of nitrogens with one attached hydrogen (secondary N) is 1. The van der Waals surface area contributed by atoms with Gasteiger partial charge in [0.25, 0.3) is 0 Å². The highest BCUT2D eigenvalue weighted by atomic mass is 35.5. The van der Waals surface area contributed by atoms with Crippen LogP contribution in [-0.2, 0) is 4.74 Å². The van der Waals surface area contributed by atoms with Gasteiger partial charge in [-0.25, -0.2) is 4.39 Å². The fourth-order valence-electron chi connectivity index (χ4n) is 1.16. The van der Waals surface area contributed by atoms with Crippen molar-refractivity contribution in [3.8, 4) is 0 Å². The summed E-state index contributed by atoms with van der Waals surface area (Å²) in [4.78, 5) is 0. The topological polar surface area (TPSA) is 21.3 Å². The molecule has 15 heavy (non-hydrogen) atoms. The van der Waals surface area contributed by atoms with Gasteiger partial charge in [0.05, 0.1) is 17.3 Å². The van der Waals surface area contributed by atoms with Gasteiger partial charge in [-0.15, -0.1) is 0 Å². The lowest BCUT2D eigenvalue weighted by molar-refractivity contribution is 0.144. The summed E-state index contributed by atoms with van der Waals surface area (Å²) in [7, 11) is 0. The Morgan fingerprint density at radius 3 is 2.87 bits per heavy atom. The van der Waals surface area contributed by atoms with Gasteiger partial charge >= 0.3 is 0 Å². The van der Waals surface area contributed by atoms with Crippen LogP contribution in [0.3, 0.4) is 0 Å². The number of hydrogen-bond acceptors (Lipinski definition) is 2. The maximum Gasteiger partial charge on any atom is 0.147 e. The highest BCUT2D eigenvalue weighted by Gasteiger charge is 2.04. The van der Waals surface area contributed by atoms with Gasteiger partial charge in [0.15, 0.2) is 0 Å². The molecule has 1 aromatic rings. The van der Waals surface area contributed by atoms with E-state index in [0.717, 1.165) is 13.0 Å². The molecule has 0 aromatic heterocycles. The zero-order chi connectivity index (χ0) is 11.1. The van der Waals surface area contributed by atoms with Crippen molar-refractivity contribution in [1.82, 2.24) is 0 Å². The molecule has 0 aliphatic carbocycles. The molecule has 0 bridgehead atoms. The fourth-order valence-corrected chi connectivity index (χ4v) is 1.39. The largest absolute Gasteiger partial charge is 0.380 e. The molecule has 0 radical (unpaired) electrons. The molecule has 84 valence electrons. The summed E-state index contributed by atoms with van der Waals surface area (Å²) in [5.74, 6) is -0.335. The van der Waals surface area contributed by atoms with Gasteiger partial charge in [-0.2, -0.15) is 0 Å². The lowest BCUT2D eigenvalue weighted by Gasteiger charge is -2.09. The number of ether oxygens (including phenoxy) is 1. The van der Waals surface area contributed by atoms with Crippen LogP contribution in [0.5, 0.6) is 0 Å². The summed E-state index contributed by atoms with van der Waals surface area (Å²) in [6.07, 6.45) is 0.987. The molecule has 1 rings (SSSR count). The minimum Gasteiger partial charge on any atom is -0.380 e. The summed E-state index contributed by atoms with van der Waals surface area (Å²) in [6, 6.07) is 4.61. The molecule has 0 aliphatic heterocycles. The summed E-state index contributed by atoms with van der Waals surface area (Å²) in [6.45, 7) is 3.88. The number of hydrogen-bond donors (Lipinski definition) is 1. The molecule has 1 aromatic carbocycles. The smallest absolute Gasteiger partial charge is 0.147 e. The van der Waals surface area contributed by atoms with E-state index in [4.69, 9.17) is 16.3 Å². The molecule has 0 aliphatic rings. The molecule has 0 saturated heterocycles. The van der Waals surface area contributed by atoms with E-state index in [2.05, 4.69) is 5.32 Å². The van der Waals surface area contributed by atoms with E-state index in [9.17, 15) is 4.39 Å². The number of rotatable bonds is 6. The SMILES string of the molecule is CCCOCCNc1c(F)cccc1Cl. The van der Waals surface area contributed by atoms with Crippen molar-refractivity contribution in [2.24, 2.45) is 0 Å². The summed E-state index contributed by atoms with van der Waals surface area (Å²) in [5.41, 5.74) is 0.347. The van der Waals surface area contributed by atoms with Crippen LogP contribution in [0, 0.1) is 5.82 Å². The highest BCUT2D eigenvalue weighted by molar-refractivity contribution is 6.33. The number of halogens is 2. The van der Waals surface area contributed by atoms with Crippen LogP contribution >= 0.6 is 11.6 Å². The van der Waals surface area contributed by atoms with E-state index in [0.29, 0.717) is 23.9 Å². The van der Waals surface area contributed by atoms with Gasteiger partial charge in [-0.05, 0) is 18.6 Å². The molecule has 0 heterocycles. The molecule has 1 N–H and O–H groups in total. The second-order valence-electron chi connectivity index (χ2n) is 3.14. The number of benzene rings is 1. The van der Waals surface area contributed by atoms with Crippen LogP contribution in [0.4, 0.5) is 10.1 Å². The van der Waals surface area contributed by atoms with E-state index < -0.39 is 0 Å². The lowest BCUT2D eigenvalue weighted by Crippen LogP contribution is -2.11. The molecule has 2 nitrogen and oxygen atoms in total. The van der Waals surface area contributed by atoms with Gasteiger partial charge in [0.1, 0.15) is 5.82 Å². The number of anilines is 1. The minimum absolute atomic E-state index is 0.335. The average Bonchev–Trinajstić information content (AvgIpc) is 2.21. The molecule has 0 atom stereocenters. The molecule has 0 fully saturated rings. The maximum atomic E-state index is 13.2. The zero-order valence-electron chi connectivity index (χ0n) is 8.72. The lowest BCUT2D eigenvalue weighted by atomic mass is 10.3. The monoisotopic (exact) mass is 231 g/mol. The Morgan fingerprint density at radius 1 is 1.40 bits per heavy atom. The van der Waals surface area contributed by atoms with Crippen molar-refractivity contribution in [2.75, 3.05) is 25.1 Å². The number of para-hydroxylation sites is 1. The summed E-state index contributed by atoms with van der Waals surface area (Å²) < 4.78 is 18.5. The predicted molar refractivity (Wildman–Crippen MR) is 61.0 cm³/mol.